The number of nitrogens with zero attached hydrogens (tertiary/aromatic N) is 1. The van der Waals surface area contributed by atoms with Crippen LogP contribution in [-0.4, -0.2) is 16.2 Å². The lowest BCUT2D eigenvalue weighted by Gasteiger charge is -2.58. The van der Waals surface area contributed by atoms with Crippen molar-refractivity contribution in [2.24, 2.45) is 11.3 Å². The maximum atomic E-state index is 12.9. The predicted molar refractivity (Wildman–Crippen MR) is 65.1 cm³/mol. The third kappa shape index (κ3) is 1.68. The molecule has 1 aliphatic rings. The van der Waals surface area contributed by atoms with E-state index in [1.807, 2.05) is 6.92 Å². The number of pyridine rings is 1. The average molecular weight is 237 g/mol. The minimum absolute atomic E-state index is 0.0791. The number of halogens is 1. The molecule has 0 amide bonds. The lowest BCUT2D eigenvalue weighted by Crippen LogP contribution is -2.57. The van der Waals surface area contributed by atoms with E-state index in [4.69, 9.17) is 0 Å². The Labute approximate surface area is 102 Å². The highest BCUT2D eigenvalue weighted by molar-refractivity contribution is 5.23. The Kier molecular flexibility index (Phi) is 3.21. The van der Waals surface area contributed by atoms with Crippen LogP contribution < -0.4 is 0 Å². The fourth-order valence-corrected chi connectivity index (χ4v) is 3.54. The summed E-state index contributed by atoms with van der Waals surface area (Å²) in [7, 11) is 0. The van der Waals surface area contributed by atoms with Crippen LogP contribution in [0.3, 0.4) is 0 Å². The first-order valence-corrected chi connectivity index (χ1v) is 6.36. The van der Waals surface area contributed by atoms with E-state index < -0.39 is 0 Å². The van der Waals surface area contributed by atoms with Gasteiger partial charge in [0.2, 0.25) is 0 Å². The molecule has 0 bridgehead atoms. The second-order valence-corrected chi connectivity index (χ2v) is 5.12. The smallest absolute Gasteiger partial charge is 0.141 e. The van der Waals surface area contributed by atoms with Crippen molar-refractivity contribution < 1.29 is 9.50 Å². The maximum absolute atomic E-state index is 12.9. The Morgan fingerprint density at radius 1 is 1.35 bits per heavy atom. The zero-order valence-electron chi connectivity index (χ0n) is 10.7. The topological polar surface area (TPSA) is 33.1 Å². The van der Waals surface area contributed by atoms with Crippen molar-refractivity contribution >= 4 is 0 Å². The fraction of sp³-hybridized carbons (Fsp3) is 0.643. The molecule has 0 spiro atoms. The molecule has 94 valence electrons. The van der Waals surface area contributed by atoms with Crippen LogP contribution in [-0.2, 0) is 0 Å². The zero-order valence-corrected chi connectivity index (χ0v) is 10.7. The lowest BCUT2D eigenvalue weighted by atomic mass is 9.48. The van der Waals surface area contributed by atoms with Gasteiger partial charge in [-0.05, 0) is 30.9 Å². The number of aliphatic hydroxyl groups is 1. The third-order valence-corrected chi connectivity index (χ3v) is 4.62. The highest BCUT2D eigenvalue weighted by atomic mass is 19.1. The van der Waals surface area contributed by atoms with E-state index in [0.29, 0.717) is 0 Å². The molecule has 17 heavy (non-hydrogen) atoms. The van der Waals surface area contributed by atoms with E-state index in [9.17, 15) is 9.50 Å². The summed E-state index contributed by atoms with van der Waals surface area (Å²) >= 11 is 0. The first-order valence-electron chi connectivity index (χ1n) is 6.36. The molecule has 3 unspecified atom stereocenters. The second kappa shape index (κ2) is 4.37. The molecule has 0 radical (unpaired) electrons. The van der Waals surface area contributed by atoms with E-state index >= 15 is 0 Å². The summed E-state index contributed by atoms with van der Waals surface area (Å²) in [6.07, 6.45) is 2.86. The summed E-state index contributed by atoms with van der Waals surface area (Å²) in [5.74, 6) is 0.140. The zero-order chi connectivity index (χ0) is 12.6. The Hall–Kier alpha value is -0.960. The Morgan fingerprint density at radius 3 is 2.47 bits per heavy atom. The van der Waals surface area contributed by atoms with Crippen molar-refractivity contribution in [2.45, 2.75) is 45.6 Å². The van der Waals surface area contributed by atoms with Crippen molar-refractivity contribution in [2.75, 3.05) is 0 Å². The van der Waals surface area contributed by atoms with Crippen molar-refractivity contribution in [3.05, 3.63) is 29.8 Å². The quantitative estimate of drug-likeness (QED) is 0.876. The molecule has 2 rings (SSSR count). The first-order chi connectivity index (χ1) is 8.06. The van der Waals surface area contributed by atoms with Gasteiger partial charge in [0.05, 0.1) is 12.3 Å². The minimum atomic E-state index is -0.306. The van der Waals surface area contributed by atoms with Crippen molar-refractivity contribution in [1.29, 1.82) is 0 Å². The van der Waals surface area contributed by atoms with Gasteiger partial charge >= 0.3 is 0 Å². The van der Waals surface area contributed by atoms with E-state index in [2.05, 4.69) is 18.8 Å². The Bertz CT molecular complexity index is 386. The predicted octanol–water partition coefficient (Wildman–Crippen LogP) is 3.12. The molecule has 1 aromatic heterocycles. The van der Waals surface area contributed by atoms with Crippen LogP contribution in [0.1, 0.15) is 45.2 Å². The lowest BCUT2D eigenvalue weighted by molar-refractivity contribution is -0.143. The van der Waals surface area contributed by atoms with Crippen molar-refractivity contribution in [3.63, 3.8) is 0 Å². The van der Waals surface area contributed by atoms with Gasteiger partial charge in [0.1, 0.15) is 5.82 Å². The Balaban J connectivity index is 2.34. The number of rotatable bonds is 3. The van der Waals surface area contributed by atoms with Gasteiger partial charge < -0.3 is 5.11 Å². The van der Waals surface area contributed by atoms with E-state index in [-0.39, 0.29) is 29.2 Å². The average Bonchev–Trinajstić information content (AvgIpc) is 2.36. The van der Waals surface area contributed by atoms with E-state index in [0.717, 1.165) is 18.5 Å². The molecular formula is C14H20FNO. The largest absolute Gasteiger partial charge is 0.392 e. The normalized spacial score (nSPS) is 31.0. The second-order valence-electron chi connectivity index (χ2n) is 5.12. The monoisotopic (exact) mass is 237 g/mol. The highest BCUT2D eigenvalue weighted by Gasteiger charge is 2.58. The fourth-order valence-electron chi connectivity index (χ4n) is 3.54. The molecule has 1 aliphatic carbocycles. The molecule has 3 atom stereocenters. The van der Waals surface area contributed by atoms with Crippen LogP contribution in [0.25, 0.3) is 0 Å². The van der Waals surface area contributed by atoms with Crippen molar-refractivity contribution in [1.82, 2.24) is 4.98 Å². The van der Waals surface area contributed by atoms with Gasteiger partial charge in [-0.25, -0.2) is 4.39 Å². The summed E-state index contributed by atoms with van der Waals surface area (Å²) in [5, 5.41) is 10.2. The molecular weight excluding hydrogens is 217 g/mol. The SMILES string of the molecule is CCC1(CC)C(O)C(C)C1c1ccc(F)cn1. The van der Waals surface area contributed by atoms with Gasteiger partial charge in [-0.3, -0.25) is 4.98 Å². The maximum Gasteiger partial charge on any atom is 0.141 e. The van der Waals surface area contributed by atoms with Gasteiger partial charge in [-0.2, -0.15) is 0 Å². The molecule has 0 saturated heterocycles. The number of hydrogen-bond acceptors (Lipinski definition) is 2. The van der Waals surface area contributed by atoms with Crippen LogP contribution in [0, 0.1) is 17.2 Å². The summed E-state index contributed by atoms with van der Waals surface area (Å²) in [6.45, 7) is 6.26. The molecule has 0 aromatic carbocycles. The molecule has 1 fully saturated rings. The van der Waals surface area contributed by atoms with Crippen LogP contribution in [0.15, 0.2) is 18.3 Å². The van der Waals surface area contributed by atoms with Gasteiger partial charge in [0.25, 0.3) is 0 Å². The number of hydrogen-bond donors (Lipinski definition) is 1. The Morgan fingerprint density at radius 2 is 2.00 bits per heavy atom. The molecule has 2 nitrogen and oxygen atoms in total. The molecule has 3 heteroatoms. The first kappa shape index (κ1) is 12.5. The van der Waals surface area contributed by atoms with Gasteiger partial charge in [-0.1, -0.05) is 20.8 Å². The van der Waals surface area contributed by atoms with E-state index in [1.165, 1.54) is 12.3 Å². The molecule has 1 aromatic rings. The standard InChI is InChI=1S/C14H20FNO/c1-4-14(5-2)12(9(3)13(14)17)11-7-6-10(15)8-16-11/h6-9,12-13,17H,4-5H2,1-3H3. The summed E-state index contributed by atoms with van der Waals surface area (Å²) < 4.78 is 12.9. The summed E-state index contributed by atoms with van der Waals surface area (Å²) in [6, 6.07) is 3.21. The molecule has 1 heterocycles. The number of aromatic nitrogens is 1. The van der Waals surface area contributed by atoms with Gasteiger partial charge in [0.15, 0.2) is 0 Å². The van der Waals surface area contributed by atoms with Gasteiger partial charge in [0, 0.05) is 17.0 Å². The van der Waals surface area contributed by atoms with Crippen LogP contribution in [0.2, 0.25) is 0 Å². The summed E-state index contributed by atoms with van der Waals surface area (Å²) in [5.41, 5.74) is 0.831. The van der Waals surface area contributed by atoms with E-state index in [1.54, 1.807) is 6.07 Å². The number of aliphatic hydroxyl groups excluding tert-OH is 1. The van der Waals surface area contributed by atoms with Crippen LogP contribution >= 0.6 is 0 Å². The molecule has 1 saturated carbocycles. The van der Waals surface area contributed by atoms with Crippen LogP contribution in [0.5, 0.6) is 0 Å². The molecule has 0 aliphatic heterocycles. The minimum Gasteiger partial charge on any atom is -0.392 e. The summed E-state index contributed by atoms with van der Waals surface area (Å²) in [4.78, 5) is 4.19. The molecule has 1 N–H and O–H groups in total. The van der Waals surface area contributed by atoms with Crippen LogP contribution in [0.4, 0.5) is 4.39 Å². The van der Waals surface area contributed by atoms with Gasteiger partial charge in [-0.15, -0.1) is 0 Å². The third-order valence-electron chi connectivity index (χ3n) is 4.62. The van der Waals surface area contributed by atoms with Crippen molar-refractivity contribution in [3.8, 4) is 0 Å². The highest BCUT2D eigenvalue weighted by Crippen LogP contribution is 2.60.